The third kappa shape index (κ3) is 5.42. The Morgan fingerprint density at radius 3 is 1.76 bits per heavy atom. The number of aromatic hydroxyl groups is 1. The zero-order valence-corrected chi connectivity index (χ0v) is 24.3. The molecule has 5 aromatic rings. The van der Waals surface area contributed by atoms with Crippen LogP contribution in [0.5, 0.6) is 6.01 Å². The number of methoxy groups -OCH3 is 1. The van der Waals surface area contributed by atoms with Gasteiger partial charge in [0.1, 0.15) is 12.2 Å². The number of nitrogens with two attached hydrogens (primary N) is 2. The molecule has 232 valence electrons. The summed E-state index contributed by atoms with van der Waals surface area (Å²) in [6, 6.07) is -0.707. The van der Waals surface area contributed by atoms with Crippen molar-refractivity contribution in [2.45, 2.75) is 13.8 Å². The third-order valence-corrected chi connectivity index (χ3v) is 6.26. The molecule has 5 aromatic heterocycles. The lowest BCUT2D eigenvalue weighted by Gasteiger charge is -2.06. The van der Waals surface area contributed by atoms with Gasteiger partial charge in [0, 0.05) is 14.1 Å². The Bertz CT molecular complexity index is 1870. The summed E-state index contributed by atoms with van der Waals surface area (Å²) >= 11 is 0. The van der Waals surface area contributed by atoms with Crippen molar-refractivity contribution in [1.29, 1.82) is 0 Å². The summed E-state index contributed by atoms with van der Waals surface area (Å²) in [7, 11) is 4.34. The Morgan fingerprint density at radius 1 is 0.822 bits per heavy atom. The zero-order valence-electron chi connectivity index (χ0n) is 24.3. The van der Waals surface area contributed by atoms with E-state index in [4.69, 9.17) is 16.2 Å². The first-order chi connectivity index (χ1) is 21.4. The molecule has 0 fully saturated rings. The molecule has 0 aliphatic heterocycles. The first kappa shape index (κ1) is 30.0. The van der Waals surface area contributed by atoms with Crippen LogP contribution in [0.4, 0.5) is 34.6 Å². The topological polar surface area (TPSA) is 295 Å². The van der Waals surface area contributed by atoms with Gasteiger partial charge in [0.05, 0.1) is 36.5 Å². The van der Waals surface area contributed by atoms with E-state index in [-0.39, 0.29) is 57.7 Å². The van der Waals surface area contributed by atoms with Gasteiger partial charge in [-0.25, -0.2) is 14.2 Å². The van der Waals surface area contributed by atoms with E-state index >= 15 is 0 Å². The fraction of sp³-hybridized carbons (Fsp3) is 0.261. The largest absolute Gasteiger partial charge is 0.479 e. The molecule has 0 unspecified atom stereocenters. The van der Waals surface area contributed by atoms with Crippen LogP contribution >= 0.6 is 0 Å². The first-order valence-corrected chi connectivity index (χ1v) is 12.7. The molecular formula is C23H25N17O5. The van der Waals surface area contributed by atoms with Gasteiger partial charge >= 0.3 is 12.0 Å². The molecule has 0 saturated carbocycles. The summed E-state index contributed by atoms with van der Waals surface area (Å²) in [6.07, 6.45) is 2.55. The molecule has 0 atom stereocenters. The summed E-state index contributed by atoms with van der Waals surface area (Å²) in [5, 5.41) is 52.6. The normalized spacial score (nSPS) is 11.7. The van der Waals surface area contributed by atoms with Crippen molar-refractivity contribution in [3.05, 3.63) is 34.9 Å². The van der Waals surface area contributed by atoms with E-state index in [9.17, 15) is 19.8 Å². The number of hydrogen-bond donors (Lipinski definition) is 4. The van der Waals surface area contributed by atoms with Crippen LogP contribution in [0, 0.1) is 13.8 Å². The number of aliphatic hydroxyl groups excluding tert-OH is 1. The Balaban J connectivity index is 1.50. The van der Waals surface area contributed by atoms with Gasteiger partial charge in [-0.1, -0.05) is 0 Å². The van der Waals surface area contributed by atoms with E-state index in [1.165, 1.54) is 28.9 Å². The van der Waals surface area contributed by atoms with Crippen molar-refractivity contribution >= 4 is 46.4 Å². The van der Waals surface area contributed by atoms with E-state index < -0.39 is 24.4 Å². The molecule has 0 radical (unpaired) electrons. The number of rotatable bonds is 9. The van der Waals surface area contributed by atoms with E-state index in [1.54, 1.807) is 27.9 Å². The van der Waals surface area contributed by atoms with Crippen molar-refractivity contribution in [3.63, 3.8) is 0 Å². The number of carbonyl (C=O) groups is 2. The van der Waals surface area contributed by atoms with Gasteiger partial charge in [-0.15, -0.1) is 20.5 Å². The minimum Gasteiger partial charge on any atom is -0.479 e. The van der Waals surface area contributed by atoms with Crippen molar-refractivity contribution in [3.8, 4) is 17.9 Å². The number of ether oxygens (including phenoxy) is 1. The van der Waals surface area contributed by atoms with Crippen LogP contribution in [0.15, 0.2) is 32.9 Å². The molecule has 5 rings (SSSR count). The Hall–Kier alpha value is -6.45. The van der Waals surface area contributed by atoms with Crippen LogP contribution in [-0.2, 0) is 18.8 Å². The molecule has 5 heterocycles. The number of ketones is 1. The standard InChI is InChI=1S/C23H25N17O5/c1-9-14(31-33-18-11(13(42)8-41)6-26-37(18)3)16(24)39(35-9)21-28-22(30-23(44)29-21)40-17(25)15(10(2)36-40)32-34-19-12(20(43)45-5)7-27-38(19)4/h6-7,41H,8,24-25H2,1-5H3,(H,28,29,30,44)/b33-31+,34-32+. The second-order valence-electron chi connectivity index (χ2n) is 9.18. The molecule has 45 heavy (non-hydrogen) atoms. The molecule has 0 amide bonds. The van der Waals surface area contributed by atoms with E-state index in [0.717, 1.165) is 9.36 Å². The maximum Gasteiger partial charge on any atom is 0.343 e. The number of aromatic nitrogens is 11. The number of carbonyl (C=O) groups excluding carboxylic acids is 2. The fourth-order valence-electron chi connectivity index (χ4n) is 3.99. The summed E-state index contributed by atoms with van der Waals surface area (Å²) in [5.74, 6) is -1.60. The molecule has 0 aliphatic carbocycles. The number of anilines is 2. The molecule has 0 aromatic carbocycles. The smallest absolute Gasteiger partial charge is 0.343 e. The van der Waals surface area contributed by atoms with Gasteiger partial charge in [-0.05, 0) is 13.8 Å². The van der Waals surface area contributed by atoms with Crippen molar-refractivity contribution in [2.75, 3.05) is 25.2 Å². The highest BCUT2D eigenvalue weighted by Gasteiger charge is 2.23. The highest BCUT2D eigenvalue weighted by atomic mass is 16.5. The third-order valence-electron chi connectivity index (χ3n) is 6.26. The molecule has 0 saturated heterocycles. The molecule has 0 aliphatic rings. The monoisotopic (exact) mass is 619 g/mol. The molecule has 22 heteroatoms. The maximum atomic E-state index is 12.0. The van der Waals surface area contributed by atoms with E-state index in [0.29, 0.717) is 11.4 Å². The maximum absolute atomic E-state index is 12.0. The lowest BCUT2D eigenvalue weighted by molar-refractivity contribution is 0.0601. The van der Waals surface area contributed by atoms with Crippen LogP contribution in [-0.4, -0.2) is 89.8 Å². The molecule has 22 nitrogen and oxygen atoms in total. The molecule has 0 bridgehead atoms. The zero-order chi connectivity index (χ0) is 32.6. The second kappa shape index (κ2) is 11.7. The molecule has 0 spiro atoms. The van der Waals surface area contributed by atoms with Gasteiger partial charge in [-0.3, -0.25) is 4.79 Å². The Kier molecular flexibility index (Phi) is 7.79. The number of azo groups is 2. The summed E-state index contributed by atoms with van der Waals surface area (Å²) in [5.41, 5.74) is 13.6. The van der Waals surface area contributed by atoms with Crippen molar-refractivity contribution < 1.29 is 24.5 Å². The average Bonchev–Trinajstić information content (AvgIpc) is 3.73. The van der Waals surface area contributed by atoms with E-state index in [2.05, 4.69) is 55.8 Å². The van der Waals surface area contributed by atoms with E-state index in [1.807, 2.05) is 0 Å². The molecular weight excluding hydrogens is 594 g/mol. The highest BCUT2D eigenvalue weighted by Crippen LogP contribution is 2.33. The van der Waals surface area contributed by atoms with Gasteiger partial charge in [0.25, 0.3) is 11.9 Å². The number of nitrogen functional groups attached to an aromatic ring is 2. The number of nitrogens with zero attached hydrogens (tertiary/aromatic N) is 15. The lowest BCUT2D eigenvalue weighted by Crippen LogP contribution is -2.13. The number of Topliss-reactive ketones (excluding diaryl/α,β-unsaturated/α-hetero) is 1. The second-order valence-corrected chi connectivity index (χ2v) is 9.18. The number of hydrogen-bond acceptors (Lipinski definition) is 18. The minimum atomic E-state index is -0.732. The van der Waals surface area contributed by atoms with Gasteiger partial charge < -0.3 is 26.4 Å². The average molecular weight is 620 g/mol. The van der Waals surface area contributed by atoms with Gasteiger partial charge in [0.2, 0.25) is 0 Å². The van der Waals surface area contributed by atoms with Crippen LogP contribution in [0.2, 0.25) is 0 Å². The van der Waals surface area contributed by atoms with Crippen LogP contribution in [0.3, 0.4) is 0 Å². The lowest BCUT2D eigenvalue weighted by atomic mass is 10.2. The Labute approximate surface area is 251 Å². The number of aliphatic hydroxyl groups is 1. The summed E-state index contributed by atoms with van der Waals surface area (Å²) in [6.45, 7) is 2.46. The van der Waals surface area contributed by atoms with Crippen LogP contribution in [0.25, 0.3) is 11.9 Å². The van der Waals surface area contributed by atoms with Crippen molar-refractivity contribution in [2.24, 2.45) is 34.6 Å². The number of esters is 1. The first-order valence-electron chi connectivity index (χ1n) is 12.7. The predicted octanol–water partition coefficient (Wildman–Crippen LogP) is 0.989. The molecule has 6 N–H and O–H groups in total. The van der Waals surface area contributed by atoms with Gasteiger partial charge in [-0.2, -0.15) is 44.7 Å². The fourth-order valence-corrected chi connectivity index (χ4v) is 3.99. The Morgan fingerprint density at radius 2 is 1.29 bits per heavy atom. The predicted molar refractivity (Wildman–Crippen MR) is 152 cm³/mol. The summed E-state index contributed by atoms with van der Waals surface area (Å²) in [4.78, 5) is 36.2. The quantitative estimate of drug-likeness (QED) is 0.102. The van der Waals surface area contributed by atoms with Crippen LogP contribution < -0.4 is 11.5 Å². The van der Waals surface area contributed by atoms with Crippen LogP contribution in [0.1, 0.15) is 32.1 Å². The number of aryl methyl sites for hydroxylation is 4. The SMILES string of the molecule is COC(=O)c1cnn(C)c1/N=N/c1c(C)nn(-c2nc(O)nc(-n3nc(C)c(/N=N/c4c(C(=O)CO)cnn4C)c3N)n2)c1N. The minimum absolute atomic E-state index is 0.0573. The van der Waals surface area contributed by atoms with Crippen molar-refractivity contribution in [1.82, 2.24) is 54.1 Å². The summed E-state index contributed by atoms with van der Waals surface area (Å²) < 4.78 is 9.56. The highest BCUT2D eigenvalue weighted by molar-refractivity contribution is 6.00. The van der Waals surface area contributed by atoms with Gasteiger partial charge in [0.15, 0.2) is 40.4 Å².